The van der Waals surface area contributed by atoms with Crippen molar-refractivity contribution in [1.29, 1.82) is 0 Å². The van der Waals surface area contributed by atoms with Crippen LogP contribution >= 0.6 is 15.9 Å². The molecule has 0 saturated heterocycles. The summed E-state index contributed by atoms with van der Waals surface area (Å²) in [6.07, 6.45) is 8.22. The van der Waals surface area contributed by atoms with Crippen molar-refractivity contribution in [2.45, 2.75) is 47.0 Å². The molecule has 0 aromatic carbocycles. The Morgan fingerprint density at radius 3 is 2.29 bits per heavy atom. The van der Waals surface area contributed by atoms with E-state index in [2.05, 4.69) is 55.8 Å². The van der Waals surface area contributed by atoms with Crippen molar-refractivity contribution < 1.29 is 0 Å². The predicted molar refractivity (Wildman–Crippen MR) is 70.0 cm³/mol. The van der Waals surface area contributed by atoms with E-state index in [1.165, 1.54) is 24.8 Å². The summed E-state index contributed by atoms with van der Waals surface area (Å²) in [5.74, 6) is 0.694. The van der Waals surface area contributed by atoms with Crippen molar-refractivity contribution in [3.05, 3.63) is 23.3 Å². The predicted octanol–water partition coefficient (Wildman–Crippen LogP) is 5.10. The van der Waals surface area contributed by atoms with Gasteiger partial charge in [0.15, 0.2) is 0 Å². The van der Waals surface area contributed by atoms with Crippen LogP contribution in [0.15, 0.2) is 23.3 Å². The van der Waals surface area contributed by atoms with E-state index >= 15 is 0 Å². The molecule has 0 N–H and O–H groups in total. The molecule has 0 amide bonds. The Bertz CT molecular complexity index is 201. The molecule has 0 spiro atoms. The van der Waals surface area contributed by atoms with E-state index in [9.17, 15) is 0 Å². The molecule has 0 aromatic heterocycles. The molecule has 0 aliphatic heterocycles. The van der Waals surface area contributed by atoms with Crippen molar-refractivity contribution in [2.24, 2.45) is 5.92 Å². The van der Waals surface area contributed by atoms with Gasteiger partial charge in [-0.1, -0.05) is 60.0 Å². The number of alkyl halides is 1. The zero-order chi connectivity index (χ0) is 11.0. The maximum absolute atomic E-state index is 3.46. The van der Waals surface area contributed by atoms with Gasteiger partial charge in [0.25, 0.3) is 0 Å². The highest BCUT2D eigenvalue weighted by Gasteiger charge is 2.04. The number of allylic oxidation sites excluding steroid dienone is 4. The Kier molecular flexibility index (Phi) is 8.26. The van der Waals surface area contributed by atoms with Crippen molar-refractivity contribution in [3.63, 3.8) is 0 Å². The Hall–Kier alpha value is -0.0400. The first-order valence-electron chi connectivity index (χ1n) is 5.56. The van der Waals surface area contributed by atoms with Crippen LogP contribution < -0.4 is 0 Å². The zero-order valence-electron chi connectivity index (χ0n) is 9.94. The molecule has 0 aliphatic rings. The van der Waals surface area contributed by atoms with Crippen LogP contribution in [-0.2, 0) is 0 Å². The Balaban J connectivity index is 4.18. The van der Waals surface area contributed by atoms with Crippen LogP contribution in [0.5, 0.6) is 0 Å². The Labute approximate surface area is 97.6 Å². The topological polar surface area (TPSA) is 0 Å². The fourth-order valence-electron chi connectivity index (χ4n) is 1.47. The molecule has 1 heteroatoms. The van der Waals surface area contributed by atoms with Crippen molar-refractivity contribution >= 4 is 15.9 Å². The van der Waals surface area contributed by atoms with Gasteiger partial charge in [-0.15, -0.1) is 0 Å². The van der Waals surface area contributed by atoms with Crippen LogP contribution in [0.25, 0.3) is 0 Å². The van der Waals surface area contributed by atoms with E-state index < -0.39 is 0 Å². The average molecular weight is 259 g/mol. The summed E-state index contributed by atoms with van der Waals surface area (Å²) in [5.41, 5.74) is 3.08. The zero-order valence-corrected chi connectivity index (χ0v) is 11.5. The minimum absolute atomic E-state index is 0.694. The van der Waals surface area contributed by atoms with Crippen molar-refractivity contribution in [3.8, 4) is 0 Å². The maximum Gasteiger partial charge on any atom is 0.0214 e. The van der Waals surface area contributed by atoms with Gasteiger partial charge < -0.3 is 0 Å². The second-order valence-corrected chi connectivity index (χ2v) is 4.48. The van der Waals surface area contributed by atoms with Gasteiger partial charge in [0.1, 0.15) is 0 Å². The number of hydrogen-bond acceptors (Lipinski definition) is 0. The number of hydrogen-bond donors (Lipinski definition) is 0. The first kappa shape index (κ1) is 14.0. The highest BCUT2D eigenvalue weighted by molar-refractivity contribution is 9.09. The van der Waals surface area contributed by atoms with Gasteiger partial charge in [-0.2, -0.15) is 0 Å². The Morgan fingerprint density at radius 1 is 1.21 bits per heavy atom. The van der Waals surface area contributed by atoms with Gasteiger partial charge in [0.05, 0.1) is 0 Å². The average Bonchev–Trinajstić information content (AvgIpc) is 2.21. The highest BCUT2D eigenvalue weighted by atomic mass is 79.9. The fraction of sp³-hybridized carbons (Fsp3) is 0.692. The van der Waals surface area contributed by atoms with E-state index in [0.29, 0.717) is 5.92 Å². The van der Waals surface area contributed by atoms with E-state index in [1.54, 1.807) is 5.57 Å². The molecular formula is C13H23Br. The summed E-state index contributed by atoms with van der Waals surface area (Å²) in [4.78, 5) is 0. The molecular weight excluding hydrogens is 236 g/mol. The third kappa shape index (κ3) is 5.64. The van der Waals surface area contributed by atoms with Gasteiger partial charge in [0, 0.05) is 5.33 Å². The van der Waals surface area contributed by atoms with Crippen LogP contribution in [0.2, 0.25) is 0 Å². The fourth-order valence-corrected chi connectivity index (χ4v) is 1.88. The summed E-state index contributed by atoms with van der Waals surface area (Å²) in [6.45, 7) is 8.98. The molecule has 1 unspecified atom stereocenters. The van der Waals surface area contributed by atoms with Gasteiger partial charge in [-0.05, 0) is 32.1 Å². The molecule has 0 fully saturated rings. The lowest BCUT2D eigenvalue weighted by Crippen LogP contribution is -1.98. The van der Waals surface area contributed by atoms with E-state index in [4.69, 9.17) is 0 Å². The monoisotopic (exact) mass is 258 g/mol. The molecule has 0 aromatic rings. The molecule has 0 saturated carbocycles. The summed E-state index contributed by atoms with van der Waals surface area (Å²) < 4.78 is 0. The van der Waals surface area contributed by atoms with Gasteiger partial charge >= 0.3 is 0 Å². The molecule has 0 rings (SSSR count). The van der Waals surface area contributed by atoms with Crippen molar-refractivity contribution in [1.82, 2.24) is 0 Å². The molecule has 0 bridgehead atoms. The van der Waals surface area contributed by atoms with Gasteiger partial charge in [0.2, 0.25) is 0 Å². The smallest absolute Gasteiger partial charge is 0.0214 e. The van der Waals surface area contributed by atoms with E-state index in [0.717, 1.165) is 5.33 Å². The second kappa shape index (κ2) is 8.28. The minimum atomic E-state index is 0.694. The molecule has 0 heterocycles. The maximum atomic E-state index is 3.46. The second-order valence-electron chi connectivity index (χ2n) is 3.83. The largest absolute Gasteiger partial charge is 0.0883 e. The van der Waals surface area contributed by atoms with Gasteiger partial charge in [-0.3, -0.25) is 0 Å². The van der Waals surface area contributed by atoms with Crippen molar-refractivity contribution in [2.75, 3.05) is 5.33 Å². The Morgan fingerprint density at radius 2 is 1.86 bits per heavy atom. The first-order valence-corrected chi connectivity index (χ1v) is 6.68. The SMILES string of the molecule is CCC(C)=CCC(C)C(=CCBr)CC. The summed E-state index contributed by atoms with van der Waals surface area (Å²) in [7, 11) is 0. The van der Waals surface area contributed by atoms with E-state index in [-0.39, 0.29) is 0 Å². The lowest BCUT2D eigenvalue weighted by atomic mass is 9.94. The lowest BCUT2D eigenvalue weighted by molar-refractivity contribution is 0.663. The number of rotatable bonds is 6. The lowest BCUT2D eigenvalue weighted by Gasteiger charge is -2.12. The van der Waals surface area contributed by atoms with Crippen LogP contribution in [0.4, 0.5) is 0 Å². The van der Waals surface area contributed by atoms with Gasteiger partial charge in [-0.25, -0.2) is 0 Å². The molecule has 0 aliphatic carbocycles. The summed E-state index contributed by atoms with van der Waals surface area (Å²) in [6, 6.07) is 0. The summed E-state index contributed by atoms with van der Waals surface area (Å²) in [5, 5.41) is 0.983. The summed E-state index contributed by atoms with van der Waals surface area (Å²) >= 11 is 3.46. The van der Waals surface area contributed by atoms with E-state index in [1.807, 2.05) is 0 Å². The van der Waals surface area contributed by atoms with Crippen LogP contribution in [0.3, 0.4) is 0 Å². The molecule has 0 nitrogen and oxygen atoms in total. The normalized spacial score (nSPS) is 15.8. The molecule has 0 radical (unpaired) electrons. The third-order valence-electron chi connectivity index (χ3n) is 2.76. The van der Waals surface area contributed by atoms with Crippen LogP contribution in [-0.4, -0.2) is 5.33 Å². The minimum Gasteiger partial charge on any atom is -0.0883 e. The first-order chi connectivity index (χ1) is 6.65. The van der Waals surface area contributed by atoms with Crippen LogP contribution in [0, 0.1) is 5.92 Å². The quantitative estimate of drug-likeness (QED) is 0.460. The highest BCUT2D eigenvalue weighted by Crippen LogP contribution is 2.19. The molecule has 14 heavy (non-hydrogen) atoms. The standard InChI is InChI=1S/C13H23Br/c1-5-11(3)7-8-12(4)13(6-2)9-10-14/h7,9,12H,5-6,8,10H2,1-4H3. The molecule has 82 valence electrons. The third-order valence-corrected chi connectivity index (χ3v) is 3.08. The number of halogens is 1. The molecule has 1 atom stereocenters. The van der Waals surface area contributed by atoms with Crippen LogP contribution in [0.1, 0.15) is 47.0 Å².